The minimum absolute atomic E-state index is 0.600. The van der Waals surface area contributed by atoms with Crippen molar-refractivity contribution in [2.24, 2.45) is 0 Å². The predicted molar refractivity (Wildman–Crippen MR) is 61.7 cm³/mol. The minimum Gasteiger partial charge on any atom is -0.381 e. The molecule has 0 atom stereocenters. The van der Waals surface area contributed by atoms with Gasteiger partial charge in [0.2, 0.25) is 0 Å². The lowest BCUT2D eigenvalue weighted by Crippen LogP contribution is -2.44. The third-order valence-electron chi connectivity index (χ3n) is 3.72. The Labute approximate surface area is 96.0 Å². The van der Waals surface area contributed by atoms with Crippen molar-refractivity contribution >= 4 is 0 Å². The number of hydrogen-bond donors (Lipinski definition) is 1. The molecule has 16 heavy (non-hydrogen) atoms. The van der Waals surface area contributed by atoms with E-state index >= 15 is 0 Å². The maximum atomic E-state index is 5.42. The van der Waals surface area contributed by atoms with E-state index in [1.165, 1.54) is 11.5 Å². The largest absolute Gasteiger partial charge is 0.381 e. The van der Waals surface area contributed by atoms with Crippen LogP contribution in [0.5, 0.6) is 0 Å². The van der Waals surface area contributed by atoms with E-state index in [4.69, 9.17) is 4.74 Å². The molecule has 0 aromatic carbocycles. The zero-order valence-electron chi connectivity index (χ0n) is 9.78. The topological polar surface area (TPSA) is 39.1 Å². The van der Waals surface area contributed by atoms with E-state index < -0.39 is 0 Å². The molecular weight excluding hydrogens is 202 g/mol. The fourth-order valence-corrected chi connectivity index (χ4v) is 2.65. The Kier molecular flexibility index (Phi) is 2.69. The summed E-state index contributed by atoms with van der Waals surface area (Å²) in [7, 11) is 0. The number of ether oxygens (including phenoxy) is 1. The number of hydrogen-bond acceptors (Lipinski definition) is 3. The number of nitrogens with zero attached hydrogens (tertiary/aromatic N) is 2. The van der Waals surface area contributed by atoms with Crippen LogP contribution in [0.15, 0.2) is 6.20 Å². The molecule has 4 nitrogen and oxygen atoms in total. The van der Waals surface area contributed by atoms with Crippen molar-refractivity contribution in [3.8, 4) is 0 Å². The normalized spacial score (nSPS) is 23.3. The molecule has 88 valence electrons. The molecular formula is C12H19N3O. The summed E-state index contributed by atoms with van der Waals surface area (Å²) in [5, 5.41) is 3.33. The Morgan fingerprint density at radius 2 is 2.12 bits per heavy atom. The van der Waals surface area contributed by atoms with E-state index in [0.29, 0.717) is 12.0 Å². The van der Waals surface area contributed by atoms with Gasteiger partial charge >= 0.3 is 0 Å². The van der Waals surface area contributed by atoms with Gasteiger partial charge in [0.1, 0.15) is 5.82 Å². The van der Waals surface area contributed by atoms with Crippen LogP contribution in [0.1, 0.15) is 36.3 Å². The molecule has 2 aliphatic rings. The van der Waals surface area contributed by atoms with Gasteiger partial charge < -0.3 is 14.6 Å². The molecule has 2 saturated heterocycles. The SMILES string of the molecule is Cc1cnc(C2CCOCC2)n1C1CNC1. The van der Waals surface area contributed by atoms with Crippen molar-refractivity contribution in [2.45, 2.75) is 31.7 Å². The molecule has 3 heterocycles. The van der Waals surface area contributed by atoms with Gasteiger partial charge in [-0.25, -0.2) is 4.98 Å². The quantitative estimate of drug-likeness (QED) is 0.816. The van der Waals surface area contributed by atoms with E-state index in [1.54, 1.807) is 0 Å². The fraction of sp³-hybridized carbons (Fsp3) is 0.750. The zero-order chi connectivity index (χ0) is 11.0. The van der Waals surface area contributed by atoms with Gasteiger partial charge in [-0.05, 0) is 19.8 Å². The van der Waals surface area contributed by atoms with Gasteiger partial charge in [0.15, 0.2) is 0 Å². The molecule has 0 amide bonds. The first-order chi connectivity index (χ1) is 7.86. The molecule has 0 unspecified atom stereocenters. The molecule has 1 N–H and O–H groups in total. The van der Waals surface area contributed by atoms with Crippen LogP contribution in [0, 0.1) is 6.92 Å². The average Bonchev–Trinajstić information content (AvgIpc) is 2.60. The van der Waals surface area contributed by atoms with Gasteiger partial charge in [-0.3, -0.25) is 0 Å². The first kappa shape index (κ1) is 10.3. The first-order valence-corrected chi connectivity index (χ1v) is 6.18. The first-order valence-electron chi connectivity index (χ1n) is 6.18. The summed E-state index contributed by atoms with van der Waals surface area (Å²) < 4.78 is 7.86. The van der Waals surface area contributed by atoms with Crippen molar-refractivity contribution in [3.63, 3.8) is 0 Å². The highest BCUT2D eigenvalue weighted by molar-refractivity contribution is 5.12. The maximum absolute atomic E-state index is 5.42. The molecule has 0 saturated carbocycles. The van der Waals surface area contributed by atoms with Gasteiger partial charge in [0, 0.05) is 44.1 Å². The van der Waals surface area contributed by atoms with E-state index in [1.807, 2.05) is 6.20 Å². The highest BCUT2D eigenvalue weighted by Crippen LogP contribution is 2.29. The monoisotopic (exact) mass is 221 g/mol. The van der Waals surface area contributed by atoms with Crippen molar-refractivity contribution in [2.75, 3.05) is 26.3 Å². The Balaban J connectivity index is 1.87. The second-order valence-corrected chi connectivity index (χ2v) is 4.83. The van der Waals surface area contributed by atoms with Crippen molar-refractivity contribution in [1.29, 1.82) is 0 Å². The lowest BCUT2D eigenvalue weighted by molar-refractivity contribution is 0.0820. The van der Waals surface area contributed by atoms with E-state index in [-0.39, 0.29) is 0 Å². The number of imidazole rings is 1. The summed E-state index contributed by atoms with van der Waals surface area (Å²) >= 11 is 0. The summed E-state index contributed by atoms with van der Waals surface area (Å²) in [5.74, 6) is 1.88. The highest BCUT2D eigenvalue weighted by Gasteiger charge is 2.27. The van der Waals surface area contributed by atoms with Gasteiger partial charge in [0.25, 0.3) is 0 Å². The number of aromatic nitrogens is 2. The standard InChI is InChI=1S/C12H19N3O/c1-9-6-14-12(10-2-4-16-5-3-10)15(9)11-7-13-8-11/h6,10-11,13H,2-5,7-8H2,1H3. The molecule has 0 aliphatic carbocycles. The van der Waals surface area contributed by atoms with Crippen LogP contribution in [-0.2, 0) is 4.74 Å². The van der Waals surface area contributed by atoms with Crippen LogP contribution in [0.4, 0.5) is 0 Å². The lowest BCUT2D eigenvalue weighted by atomic mass is 9.98. The van der Waals surface area contributed by atoms with Crippen molar-refractivity contribution in [1.82, 2.24) is 14.9 Å². The van der Waals surface area contributed by atoms with Crippen LogP contribution < -0.4 is 5.32 Å². The Bertz CT molecular complexity index is 364. The van der Waals surface area contributed by atoms with Gasteiger partial charge in [-0.2, -0.15) is 0 Å². The summed E-state index contributed by atoms with van der Waals surface area (Å²) in [6.45, 7) is 6.12. The average molecular weight is 221 g/mol. The maximum Gasteiger partial charge on any atom is 0.112 e. The van der Waals surface area contributed by atoms with Crippen molar-refractivity contribution < 1.29 is 4.74 Å². The van der Waals surface area contributed by atoms with Crippen LogP contribution in [0.3, 0.4) is 0 Å². The molecule has 1 aromatic heterocycles. The van der Waals surface area contributed by atoms with Gasteiger partial charge in [-0.15, -0.1) is 0 Å². The second kappa shape index (κ2) is 4.18. The number of nitrogens with one attached hydrogen (secondary N) is 1. The molecule has 2 fully saturated rings. The van der Waals surface area contributed by atoms with Crippen LogP contribution in [-0.4, -0.2) is 35.9 Å². The number of rotatable bonds is 2. The lowest BCUT2D eigenvalue weighted by Gasteiger charge is -2.33. The Hall–Kier alpha value is -0.870. The molecule has 1 aromatic rings. The predicted octanol–water partition coefficient (Wildman–Crippen LogP) is 1.23. The van der Waals surface area contributed by atoms with E-state index in [9.17, 15) is 0 Å². The Morgan fingerprint density at radius 1 is 1.38 bits per heavy atom. The molecule has 0 radical (unpaired) electrons. The third kappa shape index (κ3) is 1.66. The molecule has 0 spiro atoms. The molecule has 2 aliphatic heterocycles. The van der Waals surface area contributed by atoms with E-state index in [2.05, 4.69) is 21.8 Å². The summed E-state index contributed by atoms with van der Waals surface area (Å²) in [6.07, 6.45) is 4.26. The van der Waals surface area contributed by atoms with E-state index in [0.717, 1.165) is 39.1 Å². The summed E-state index contributed by atoms with van der Waals surface area (Å²) in [6, 6.07) is 0.625. The molecule has 0 bridgehead atoms. The van der Waals surface area contributed by atoms with Gasteiger partial charge in [-0.1, -0.05) is 0 Å². The Morgan fingerprint density at radius 3 is 2.75 bits per heavy atom. The molecule has 4 heteroatoms. The van der Waals surface area contributed by atoms with Crippen LogP contribution >= 0.6 is 0 Å². The zero-order valence-corrected chi connectivity index (χ0v) is 9.78. The minimum atomic E-state index is 0.600. The fourth-order valence-electron chi connectivity index (χ4n) is 2.65. The van der Waals surface area contributed by atoms with Gasteiger partial charge in [0.05, 0.1) is 6.04 Å². The second-order valence-electron chi connectivity index (χ2n) is 4.83. The smallest absolute Gasteiger partial charge is 0.112 e. The molecule has 3 rings (SSSR count). The van der Waals surface area contributed by atoms with Crippen LogP contribution in [0.25, 0.3) is 0 Å². The third-order valence-corrected chi connectivity index (χ3v) is 3.72. The van der Waals surface area contributed by atoms with Crippen LogP contribution in [0.2, 0.25) is 0 Å². The summed E-state index contributed by atoms with van der Waals surface area (Å²) in [5.41, 5.74) is 1.30. The highest BCUT2D eigenvalue weighted by atomic mass is 16.5. The summed E-state index contributed by atoms with van der Waals surface area (Å²) in [4.78, 5) is 4.62. The number of aryl methyl sites for hydroxylation is 1. The van der Waals surface area contributed by atoms with Crippen molar-refractivity contribution in [3.05, 3.63) is 17.7 Å².